The minimum atomic E-state index is -0.272. The van der Waals surface area contributed by atoms with Gasteiger partial charge in [-0.1, -0.05) is 12.1 Å². The van der Waals surface area contributed by atoms with Gasteiger partial charge in [0, 0.05) is 25.1 Å². The standard InChI is InChI=1S/C19H21N5O3/c1-12-21-16(13-6-9-27-11-13)10-17(22-12)20-7-8-24-19(26)15-5-3-2-4-14(15)18(25)23-24/h2-5,10,13H,6-9,11H2,1H3,(H,23,25)(H,20,21,22). The first-order chi connectivity index (χ1) is 13.1. The Morgan fingerprint density at radius 3 is 2.85 bits per heavy atom. The van der Waals surface area contributed by atoms with Gasteiger partial charge in [0.2, 0.25) is 0 Å². The van der Waals surface area contributed by atoms with Crippen LogP contribution in [0.3, 0.4) is 0 Å². The Hall–Kier alpha value is -3.00. The summed E-state index contributed by atoms with van der Waals surface area (Å²) in [7, 11) is 0. The van der Waals surface area contributed by atoms with Crippen LogP contribution in [0.1, 0.15) is 23.9 Å². The van der Waals surface area contributed by atoms with Gasteiger partial charge in [-0.3, -0.25) is 14.7 Å². The van der Waals surface area contributed by atoms with Crippen molar-refractivity contribution < 1.29 is 4.74 Å². The van der Waals surface area contributed by atoms with Gasteiger partial charge in [-0.05, 0) is 25.5 Å². The number of aromatic amines is 1. The summed E-state index contributed by atoms with van der Waals surface area (Å²) in [5.41, 5.74) is 0.486. The summed E-state index contributed by atoms with van der Waals surface area (Å²) in [5.74, 6) is 1.70. The maximum absolute atomic E-state index is 12.5. The van der Waals surface area contributed by atoms with E-state index in [1.165, 1.54) is 4.68 Å². The average Bonchev–Trinajstić information content (AvgIpc) is 3.20. The smallest absolute Gasteiger partial charge is 0.273 e. The maximum atomic E-state index is 12.5. The number of fused-ring (bicyclic) bond motifs is 1. The second-order valence-corrected chi connectivity index (χ2v) is 6.66. The molecule has 2 aromatic heterocycles. The van der Waals surface area contributed by atoms with Crippen LogP contribution in [0.4, 0.5) is 5.82 Å². The van der Waals surface area contributed by atoms with Crippen LogP contribution in [0, 0.1) is 6.92 Å². The van der Waals surface area contributed by atoms with Crippen molar-refractivity contribution in [1.29, 1.82) is 0 Å². The van der Waals surface area contributed by atoms with Crippen LogP contribution in [0.5, 0.6) is 0 Å². The number of H-pyrrole nitrogens is 1. The Bertz CT molecular complexity index is 1080. The normalized spacial score (nSPS) is 16.7. The van der Waals surface area contributed by atoms with Crippen molar-refractivity contribution in [2.45, 2.75) is 25.8 Å². The fraction of sp³-hybridized carbons (Fsp3) is 0.368. The number of hydrogen-bond acceptors (Lipinski definition) is 6. The van der Waals surface area contributed by atoms with Gasteiger partial charge in [0.15, 0.2) is 0 Å². The molecule has 3 aromatic rings. The number of aromatic nitrogens is 4. The summed E-state index contributed by atoms with van der Waals surface area (Å²) in [6.07, 6.45) is 0.962. The van der Waals surface area contributed by atoms with E-state index in [0.29, 0.717) is 48.0 Å². The van der Waals surface area contributed by atoms with E-state index in [1.54, 1.807) is 24.3 Å². The van der Waals surface area contributed by atoms with E-state index in [1.807, 2.05) is 13.0 Å². The quantitative estimate of drug-likeness (QED) is 0.707. The number of aryl methyl sites for hydroxylation is 1. The third-order valence-corrected chi connectivity index (χ3v) is 4.73. The zero-order valence-corrected chi connectivity index (χ0v) is 15.1. The number of nitrogens with one attached hydrogen (secondary N) is 2. The van der Waals surface area contributed by atoms with E-state index < -0.39 is 0 Å². The molecule has 0 radical (unpaired) electrons. The predicted octanol–water partition coefficient (Wildman–Crippen LogP) is 1.40. The Kier molecular flexibility index (Phi) is 4.72. The lowest BCUT2D eigenvalue weighted by Gasteiger charge is -2.12. The number of hydrogen-bond donors (Lipinski definition) is 2. The molecule has 3 heterocycles. The van der Waals surface area contributed by atoms with Gasteiger partial charge >= 0.3 is 0 Å². The van der Waals surface area contributed by atoms with Crippen molar-refractivity contribution in [3.8, 4) is 0 Å². The first kappa shape index (κ1) is 17.4. The van der Waals surface area contributed by atoms with Crippen molar-refractivity contribution in [1.82, 2.24) is 19.7 Å². The van der Waals surface area contributed by atoms with Crippen LogP contribution in [0.25, 0.3) is 10.8 Å². The number of ether oxygens (including phenoxy) is 1. The van der Waals surface area contributed by atoms with E-state index in [0.717, 1.165) is 18.7 Å². The Morgan fingerprint density at radius 2 is 2.07 bits per heavy atom. The van der Waals surface area contributed by atoms with Crippen LogP contribution >= 0.6 is 0 Å². The molecule has 1 fully saturated rings. The van der Waals surface area contributed by atoms with Crippen molar-refractivity contribution in [2.75, 3.05) is 25.1 Å². The van der Waals surface area contributed by atoms with E-state index in [9.17, 15) is 9.59 Å². The molecule has 0 aliphatic carbocycles. The fourth-order valence-electron chi connectivity index (χ4n) is 3.36. The van der Waals surface area contributed by atoms with Gasteiger partial charge in [-0.25, -0.2) is 14.6 Å². The van der Waals surface area contributed by atoms with Crippen molar-refractivity contribution in [3.63, 3.8) is 0 Å². The zero-order chi connectivity index (χ0) is 18.8. The predicted molar refractivity (Wildman–Crippen MR) is 102 cm³/mol. The molecule has 1 unspecified atom stereocenters. The summed E-state index contributed by atoms with van der Waals surface area (Å²) in [6, 6.07) is 8.74. The number of rotatable bonds is 5. The lowest BCUT2D eigenvalue weighted by atomic mass is 10.0. The lowest BCUT2D eigenvalue weighted by molar-refractivity contribution is 0.193. The highest BCUT2D eigenvalue weighted by Gasteiger charge is 2.20. The topological polar surface area (TPSA) is 102 Å². The lowest BCUT2D eigenvalue weighted by Crippen LogP contribution is -2.32. The molecule has 0 amide bonds. The molecular formula is C19H21N5O3. The third kappa shape index (κ3) is 3.61. The monoisotopic (exact) mass is 367 g/mol. The van der Waals surface area contributed by atoms with Crippen molar-refractivity contribution in [2.24, 2.45) is 0 Å². The summed E-state index contributed by atoms with van der Waals surface area (Å²) in [6.45, 7) is 4.07. The van der Waals surface area contributed by atoms with Crippen LogP contribution < -0.4 is 16.4 Å². The molecule has 27 heavy (non-hydrogen) atoms. The molecule has 1 atom stereocenters. The van der Waals surface area contributed by atoms with Crippen molar-refractivity contribution >= 4 is 16.6 Å². The summed E-state index contributed by atoms with van der Waals surface area (Å²) in [4.78, 5) is 33.6. The molecule has 0 bridgehead atoms. The summed E-state index contributed by atoms with van der Waals surface area (Å²) < 4.78 is 6.77. The van der Waals surface area contributed by atoms with Gasteiger partial charge in [-0.15, -0.1) is 0 Å². The summed E-state index contributed by atoms with van der Waals surface area (Å²) in [5, 5.41) is 6.67. The van der Waals surface area contributed by atoms with E-state index in [2.05, 4.69) is 20.4 Å². The largest absolute Gasteiger partial charge is 0.381 e. The van der Waals surface area contributed by atoms with Crippen LogP contribution in [-0.4, -0.2) is 39.5 Å². The Labute approximate surface area is 155 Å². The molecule has 1 aliphatic rings. The average molecular weight is 367 g/mol. The van der Waals surface area contributed by atoms with Gasteiger partial charge in [0.25, 0.3) is 11.1 Å². The molecule has 140 valence electrons. The molecule has 1 aliphatic heterocycles. The first-order valence-electron chi connectivity index (χ1n) is 9.01. The van der Waals surface area contributed by atoms with Crippen LogP contribution in [0.2, 0.25) is 0 Å². The Balaban J connectivity index is 1.50. The second-order valence-electron chi connectivity index (χ2n) is 6.66. The molecule has 4 rings (SSSR count). The third-order valence-electron chi connectivity index (χ3n) is 4.73. The minimum Gasteiger partial charge on any atom is -0.381 e. The SMILES string of the molecule is Cc1nc(NCCn2[nH]c(=O)c3ccccc3c2=O)cc(C2CCOC2)n1. The Morgan fingerprint density at radius 1 is 1.26 bits per heavy atom. The van der Waals surface area contributed by atoms with E-state index in [4.69, 9.17) is 4.74 Å². The molecule has 0 spiro atoms. The highest BCUT2D eigenvalue weighted by Crippen LogP contribution is 2.24. The molecule has 8 nitrogen and oxygen atoms in total. The highest BCUT2D eigenvalue weighted by molar-refractivity contribution is 5.80. The summed E-state index contributed by atoms with van der Waals surface area (Å²) >= 11 is 0. The molecule has 1 aromatic carbocycles. The van der Waals surface area contributed by atoms with Crippen LogP contribution in [-0.2, 0) is 11.3 Å². The molecule has 2 N–H and O–H groups in total. The van der Waals surface area contributed by atoms with Crippen molar-refractivity contribution in [3.05, 3.63) is 62.6 Å². The minimum absolute atomic E-state index is 0.213. The number of benzene rings is 1. The maximum Gasteiger partial charge on any atom is 0.273 e. The van der Waals surface area contributed by atoms with Gasteiger partial charge in [-0.2, -0.15) is 0 Å². The van der Waals surface area contributed by atoms with Crippen LogP contribution in [0.15, 0.2) is 39.9 Å². The van der Waals surface area contributed by atoms with Gasteiger partial charge in [0.05, 0.1) is 29.6 Å². The van der Waals surface area contributed by atoms with Gasteiger partial charge < -0.3 is 10.1 Å². The molecule has 1 saturated heterocycles. The molecule has 8 heteroatoms. The zero-order valence-electron chi connectivity index (χ0n) is 15.1. The fourth-order valence-corrected chi connectivity index (χ4v) is 3.36. The van der Waals surface area contributed by atoms with E-state index >= 15 is 0 Å². The van der Waals surface area contributed by atoms with E-state index in [-0.39, 0.29) is 11.1 Å². The molecule has 0 saturated carbocycles. The van der Waals surface area contributed by atoms with Gasteiger partial charge in [0.1, 0.15) is 11.6 Å². The number of nitrogens with zero attached hydrogens (tertiary/aromatic N) is 3. The number of anilines is 1. The molecular weight excluding hydrogens is 346 g/mol. The second kappa shape index (κ2) is 7.32. The first-order valence-corrected chi connectivity index (χ1v) is 9.01. The highest BCUT2D eigenvalue weighted by atomic mass is 16.5.